The summed E-state index contributed by atoms with van der Waals surface area (Å²) < 4.78 is 28.9. The maximum atomic E-state index is 13.7. The first kappa shape index (κ1) is 16.3. The van der Waals surface area contributed by atoms with Crippen LogP contribution in [0.2, 0.25) is 0 Å². The number of halogens is 2. The van der Waals surface area contributed by atoms with Crippen LogP contribution in [-0.4, -0.2) is 44.6 Å². The molecule has 5 nitrogen and oxygen atoms in total. The molecule has 0 spiro atoms. The molecule has 0 N–H and O–H groups in total. The largest absolute Gasteiger partial charge is 0.306 e. The molecule has 0 radical (unpaired) electrons. The molecule has 3 heterocycles. The van der Waals surface area contributed by atoms with Crippen LogP contribution in [0.15, 0.2) is 18.5 Å². The second kappa shape index (κ2) is 6.63. The van der Waals surface area contributed by atoms with Crippen LogP contribution in [0, 0.1) is 11.6 Å². The van der Waals surface area contributed by atoms with Gasteiger partial charge < -0.3 is 4.90 Å². The van der Waals surface area contributed by atoms with Crippen LogP contribution in [0.3, 0.4) is 0 Å². The van der Waals surface area contributed by atoms with Crippen molar-refractivity contribution in [3.63, 3.8) is 0 Å². The van der Waals surface area contributed by atoms with Gasteiger partial charge in [0.2, 0.25) is 0 Å². The summed E-state index contributed by atoms with van der Waals surface area (Å²) in [5.74, 6) is -1.53. The zero-order valence-electron chi connectivity index (χ0n) is 14.3. The van der Waals surface area contributed by atoms with Gasteiger partial charge in [0, 0.05) is 18.1 Å². The van der Waals surface area contributed by atoms with E-state index >= 15 is 0 Å². The summed E-state index contributed by atoms with van der Waals surface area (Å²) in [4.78, 5) is 11.4. The number of benzene rings is 1. The second-order valence-electron chi connectivity index (χ2n) is 6.89. The molecule has 1 aliphatic rings. The minimum absolute atomic E-state index is 0.260. The minimum Gasteiger partial charge on any atom is -0.306 e. The zero-order valence-corrected chi connectivity index (χ0v) is 14.3. The summed E-state index contributed by atoms with van der Waals surface area (Å²) in [6.07, 6.45) is 6.84. The Kier molecular flexibility index (Phi) is 4.33. The highest BCUT2D eigenvalue weighted by Gasteiger charge is 2.22. The van der Waals surface area contributed by atoms with E-state index in [1.54, 1.807) is 4.52 Å². The summed E-state index contributed by atoms with van der Waals surface area (Å²) in [7, 11) is 2.16. The predicted octanol–water partition coefficient (Wildman–Crippen LogP) is 3.54. The van der Waals surface area contributed by atoms with E-state index in [0.29, 0.717) is 16.7 Å². The van der Waals surface area contributed by atoms with Gasteiger partial charge in [0.05, 0.1) is 16.7 Å². The molecular weight excluding hydrogens is 324 g/mol. The van der Waals surface area contributed by atoms with E-state index < -0.39 is 11.6 Å². The highest BCUT2D eigenvalue weighted by Crippen LogP contribution is 2.31. The number of nitrogens with zero attached hydrogens (tertiary/aromatic N) is 5. The van der Waals surface area contributed by atoms with Crippen LogP contribution in [0.4, 0.5) is 8.78 Å². The third-order valence-electron chi connectivity index (χ3n) is 5.08. The van der Waals surface area contributed by atoms with Crippen molar-refractivity contribution in [2.75, 3.05) is 20.1 Å². The molecule has 0 aliphatic carbocycles. The highest BCUT2D eigenvalue weighted by atomic mass is 19.2. The fourth-order valence-electron chi connectivity index (χ4n) is 3.74. The molecule has 0 bridgehead atoms. The quantitative estimate of drug-likeness (QED) is 0.677. The molecule has 4 rings (SSSR count). The van der Waals surface area contributed by atoms with Crippen molar-refractivity contribution in [2.45, 2.75) is 38.0 Å². The standard InChI is InChI=1S/C18H21F2N5/c1-24-7-3-2-5-12(6-4-8-24)17-18-21-11-22-25(18)16-10-14(20)13(19)9-15(16)23-17/h9-12H,2-8H2,1H3. The predicted molar refractivity (Wildman–Crippen MR) is 91.5 cm³/mol. The first-order valence-electron chi connectivity index (χ1n) is 8.80. The maximum absolute atomic E-state index is 13.7. The van der Waals surface area contributed by atoms with Crippen molar-refractivity contribution in [2.24, 2.45) is 0 Å². The van der Waals surface area contributed by atoms with Gasteiger partial charge in [-0.15, -0.1) is 0 Å². The third-order valence-corrected chi connectivity index (χ3v) is 5.08. The molecule has 1 saturated heterocycles. The molecule has 132 valence electrons. The Balaban J connectivity index is 1.82. The Bertz CT molecular complexity index is 907. The van der Waals surface area contributed by atoms with Gasteiger partial charge in [-0.3, -0.25) is 0 Å². The third kappa shape index (κ3) is 3.08. The number of hydrogen-bond acceptors (Lipinski definition) is 4. The lowest BCUT2D eigenvalue weighted by Gasteiger charge is -2.17. The lowest BCUT2D eigenvalue weighted by Crippen LogP contribution is -2.20. The first-order chi connectivity index (χ1) is 12.1. The van der Waals surface area contributed by atoms with Gasteiger partial charge in [-0.25, -0.2) is 23.3 Å². The maximum Gasteiger partial charge on any atom is 0.177 e. The summed E-state index contributed by atoms with van der Waals surface area (Å²) in [6.45, 7) is 2.18. The molecule has 1 atom stereocenters. The van der Waals surface area contributed by atoms with Crippen LogP contribution < -0.4 is 0 Å². The van der Waals surface area contributed by atoms with Crippen molar-refractivity contribution in [1.82, 2.24) is 24.5 Å². The topological polar surface area (TPSA) is 46.3 Å². The molecule has 25 heavy (non-hydrogen) atoms. The monoisotopic (exact) mass is 345 g/mol. The van der Waals surface area contributed by atoms with Crippen LogP contribution in [0.5, 0.6) is 0 Å². The van der Waals surface area contributed by atoms with E-state index in [-0.39, 0.29) is 5.92 Å². The smallest absolute Gasteiger partial charge is 0.177 e. The average molecular weight is 345 g/mol. The van der Waals surface area contributed by atoms with Crippen LogP contribution in [-0.2, 0) is 0 Å². The van der Waals surface area contributed by atoms with Crippen molar-refractivity contribution < 1.29 is 8.78 Å². The van der Waals surface area contributed by atoms with Crippen molar-refractivity contribution in [1.29, 1.82) is 0 Å². The van der Waals surface area contributed by atoms with Gasteiger partial charge in [0.15, 0.2) is 17.3 Å². The molecule has 0 amide bonds. The van der Waals surface area contributed by atoms with Gasteiger partial charge in [-0.1, -0.05) is 6.42 Å². The summed E-state index contributed by atoms with van der Waals surface area (Å²) >= 11 is 0. The van der Waals surface area contributed by atoms with Crippen LogP contribution in [0.25, 0.3) is 16.7 Å². The van der Waals surface area contributed by atoms with E-state index in [1.165, 1.54) is 6.33 Å². The first-order valence-corrected chi connectivity index (χ1v) is 8.80. The zero-order chi connectivity index (χ0) is 17.4. The highest BCUT2D eigenvalue weighted by molar-refractivity contribution is 5.78. The number of rotatable bonds is 1. The van der Waals surface area contributed by atoms with E-state index in [1.807, 2.05) is 0 Å². The van der Waals surface area contributed by atoms with Crippen molar-refractivity contribution >= 4 is 16.7 Å². The Morgan fingerprint density at radius 3 is 2.68 bits per heavy atom. The van der Waals surface area contributed by atoms with Gasteiger partial charge in [-0.2, -0.15) is 5.10 Å². The minimum atomic E-state index is -0.899. The second-order valence-corrected chi connectivity index (χ2v) is 6.89. The number of aromatic nitrogens is 4. The van der Waals surface area contributed by atoms with Crippen LogP contribution in [0.1, 0.15) is 43.7 Å². The van der Waals surface area contributed by atoms with E-state index in [9.17, 15) is 8.78 Å². The lowest BCUT2D eigenvalue weighted by molar-refractivity contribution is 0.326. The van der Waals surface area contributed by atoms with E-state index in [0.717, 1.165) is 63.0 Å². The fraction of sp³-hybridized carbons (Fsp3) is 0.500. The van der Waals surface area contributed by atoms with Gasteiger partial charge in [0.1, 0.15) is 6.33 Å². The van der Waals surface area contributed by atoms with Crippen molar-refractivity contribution in [3.8, 4) is 0 Å². The molecule has 2 aromatic heterocycles. The van der Waals surface area contributed by atoms with Crippen LogP contribution >= 0.6 is 0 Å². The molecule has 1 fully saturated rings. The molecular formula is C18H21F2N5. The van der Waals surface area contributed by atoms with E-state index in [2.05, 4.69) is 27.0 Å². The summed E-state index contributed by atoms with van der Waals surface area (Å²) in [5.41, 5.74) is 2.36. The lowest BCUT2D eigenvalue weighted by atomic mass is 9.93. The van der Waals surface area contributed by atoms with E-state index in [4.69, 9.17) is 0 Å². The van der Waals surface area contributed by atoms with Gasteiger partial charge in [0.25, 0.3) is 0 Å². The van der Waals surface area contributed by atoms with Gasteiger partial charge in [-0.05, 0) is 45.8 Å². The molecule has 0 saturated carbocycles. The molecule has 1 unspecified atom stereocenters. The Hall–Kier alpha value is -2.15. The van der Waals surface area contributed by atoms with Crippen molar-refractivity contribution in [3.05, 3.63) is 35.8 Å². The summed E-state index contributed by atoms with van der Waals surface area (Å²) in [5, 5.41) is 4.21. The van der Waals surface area contributed by atoms with Gasteiger partial charge >= 0.3 is 0 Å². The number of fused-ring (bicyclic) bond motifs is 3. The Morgan fingerprint density at radius 1 is 1.04 bits per heavy atom. The Morgan fingerprint density at radius 2 is 1.80 bits per heavy atom. The molecule has 7 heteroatoms. The number of hydrogen-bond donors (Lipinski definition) is 0. The molecule has 1 aliphatic heterocycles. The average Bonchev–Trinajstić information content (AvgIpc) is 3.10. The SMILES string of the molecule is CN1CCCCC(c2nc3cc(F)c(F)cc3n3ncnc23)CCC1. The fourth-order valence-corrected chi connectivity index (χ4v) is 3.74. The normalized spacial score (nSPS) is 20.5. The molecule has 3 aromatic rings. The summed E-state index contributed by atoms with van der Waals surface area (Å²) in [6, 6.07) is 2.29. The Labute approximate surface area is 144 Å². The molecule has 1 aromatic carbocycles.